The lowest BCUT2D eigenvalue weighted by molar-refractivity contribution is 0.168. The molecule has 2 aromatic rings. The molecule has 26 heavy (non-hydrogen) atoms. The van der Waals surface area contributed by atoms with E-state index in [0.29, 0.717) is 12.0 Å². The molecule has 0 amide bonds. The van der Waals surface area contributed by atoms with Crippen LogP contribution in [0.4, 0.5) is 0 Å². The molecule has 3 atom stereocenters. The zero-order valence-corrected chi connectivity index (χ0v) is 15.7. The molecule has 0 bridgehead atoms. The third-order valence-corrected chi connectivity index (χ3v) is 5.31. The smallest absolute Gasteiger partial charge is 0.123 e. The van der Waals surface area contributed by atoms with E-state index in [9.17, 15) is 15.3 Å². The standard InChI is InChI=1S/C21H26N2O3/c1-11(2)15-9-18(24)12(3)6-16(15)21-19(25)7-14(8-20(21)26)17-10-23(5)22-13(17)4/h6-8,10,15-16,18,24-26H,1,9H2,2-5H3/t15-,16+,18-/m0/s1. The molecule has 0 radical (unpaired) electrons. The third kappa shape index (κ3) is 3.15. The highest BCUT2D eigenvalue weighted by Gasteiger charge is 2.33. The number of aromatic hydroxyl groups is 2. The fourth-order valence-electron chi connectivity index (χ4n) is 3.88. The number of hydrogen-bond acceptors (Lipinski definition) is 4. The van der Waals surface area contributed by atoms with E-state index in [1.165, 1.54) is 0 Å². The Balaban J connectivity index is 2.11. The molecule has 0 saturated carbocycles. The van der Waals surface area contributed by atoms with Gasteiger partial charge in [0, 0.05) is 30.3 Å². The van der Waals surface area contributed by atoms with Gasteiger partial charge in [0.25, 0.3) is 0 Å². The fourth-order valence-corrected chi connectivity index (χ4v) is 3.88. The quantitative estimate of drug-likeness (QED) is 0.733. The molecule has 1 heterocycles. The number of aliphatic hydroxyl groups is 1. The lowest BCUT2D eigenvalue weighted by Gasteiger charge is -2.34. The minimum atomic E-state index is -0.519. The molecule has 1 aliphatic rings. The molecule has 1 aromatic heterocycles. The van der Waals surface area contributed by atoms with Crippen molar-refractivity contribution < 1.29 is 15.3 Å². The Morgan fingerprint density at radius 2 is 1.85 bits per heavy atom. The van der Waals surface area contributed by atoms with Gasteiger partial charge in [0.2, 0.25) is 0 Å². The van der Waals surface area contributed by atoms with Crippen LogP contribution in [-0.4, -0.2) is 31.2 Å². The largest absolute Gasteiger partial charge is 0.507 e. The molecular formula is C21H26N2O3. The van der Waals surface area contributed by atoms with Crippen LogP contribution in [0, 0.1) is 12.8 Å². The van der Waals surface area contributed by atoms with Crippen molar-refractivity contribution in [2.45, 2.75) is 39.2 Å². The first-order chi connectivity index (χ1) is 12.2. The van der Waals surface area contributed by atoms with Crippen LogP contribution in [0.2, 0.25) is 0 Å². The normalized spacial score (nSPS) is 23.0. The van der Waals surface area contributed by atoms with Crippen LogP contribution in [0.25, 0.3) is 11.1 Å². The predicted octanol–water partition coefficient (Wildman–Crippen LogP) is 3.79. The maximum absolute atomic E-state index is 10.7. The van der Waals surface area contributed by atoms with Gasteiger partial charge in [0.15, 0.2) is 0 Å². The first-order valence-corrected chi connectivity index (χ1v) is 8.77. The second-order valence-corrected chi connectivity index (χ2v) is 7.37. The van der Waals surface area contributed by atoms with Crippen molar-refractivity contribution in [2.24, 2.45) is 13.0 Å². The number of aromatic nitrogens is 2. The minimum absolute atomic E-state index is 0.0416. The average molecular weight is 354 g/mol. The topological polar surface area (TPSA) is 78.5 Å². The summed E-state index contributed by atoms with van der Waals surface area (Å²) in [5.74, 6) is -0.184. The van der Waals surface area contributed by atoms with E-state index in [1.54, 1.807) is 16.8 Å². The summed E-state index contributed by atoms with van der Waals surface area (Å²) >= 11 is 0. The Kier molecular flexibility index (Phi) is 4.67. The number of hydrogen-bond donors (Lipinski definition) is 3. The lowest BCUT2D eigenvalue weighted by Crippen LogP contribution is -2.26. The lowest BCUT2D eigenvalue weighted by atomic mass is 9.72. The number of aryl methyl sites for hydroxylation is 2. The summed E-state index contributed by atoms with van der Waals surface area (Å²) in [6.45, 7) is 9.72. The zero-order valence-electron chi connectivity index (χ0n) is 15.7. The van der Waals surface area contributed by atoms with Crippen LogP contribution < -0.4 is 0 Å². The highest BCUT2D eigenvalue weighted by molar-refractivity contribution is 5.71. The second-order valence-electron chi connectivity index (χ2n) is 7.37. The minimum Gasteiger partial charge on any atom is -0.507 e. The van der Waals surface area contributed by atoms with Crippen molar-refractivity contribution in [3.63, 3.8) is 0 Å². The van der Waals surface area contributed by atoms with E-state index in [4.69, 9.17) is 0 Å². The molecular weight excluding hydrogens is 328 g/mol. The van der Waals surface area contributed by atoms with E-state index < -0.39 is 6.10 Å². The van der Waals surface area contributed by atoms with Gasteiger partial charge >= 0.3 is 0 Å². The predicted molar refractivity (Wildman–Crippen MR) is 102 cm³/mol. The number of nitrogens with zero attached hydrogens (tertiary/aromatic N) is 2. The SMILES string of the molecule is C=C(C)[C@@H]1C[C@H](O)C(C)=C[C@H]1c1c(O)cc(-c2cn(C)nc2C)cc1O. The number of aliphatic hydroxyl groups excluding tert-OH is 1. The molecule has 5 heteroatoms. The Bertz CT molecular complexity index is 872. The zero-order chi connectivity index (χ0) is 19.2. The van der Waals surface area contributed by atoms with Gasteiger partial charge in [-0.1, -0.05) is 18.2 Å². The number of allylic oxidation sites excluding steroid dienone is 2. The first kappa shape index (κ1) is 18.3. The van der Waals surface area contributed by atoms with Gasteiger partial charge in [0.05, 0.1) is 11.8 Å². The molecule has 0 unspecified atom stereocenters. The van der Waals surface area contributed by atoms with Crippen molar-refractivity contribution in [1.82, 2.24) is 9.78 Å². The van der Waals surface area contributed by atoms with Gasteiger partial charge in [0.1, 0.15) is 11.5 Å². The second kappa shape index (κ2) is 6.65. The van der Waals surface area contributed by atoms with Gasteiger partial charge in [-0.05, 0) is 56.4 Å². The summed E-state index contributed by atoms with van der Waals surface area (Å²) in [5, 5.41) is 36.0. The Labute approximate surface area is 153 Å². The van der Waals surface area contributed by atoms with Crippen molar-refractivity contribution in [3.8, 4) is 22.6 Å². The van der Waals surface area contributed by atoms with Crippen molar-refractivity contribution >= 4 is 0 Å². The Morgan fingerprint density at radius 1 is 1.23 bits per heavy atom. The summed E-state index contributed by atoms with van der Waals surface area (Å²) in [6.07, 6.45) is 3.80. The summed E-state index contributed by atoms with van der Waals surface area (Å²) in [7, 11) is 1.84. The molecule has 1 aromatic carbocycles. The monoisotopic (exact) mass is 354 g/mol. The van der Waals surface area contributed by atoms with Crippen LogP contribution in [0.1, 0.15) is 37.4 Å². The average Bonchev–Trinajstić information content (AvgIpc) is 2.88. The maximum atomic E-state index is 10.7. The fraction of sp³-hybridized carbons (Fsp3) is 0.381. The van der Waals surface area contributed by atoms with E-state index in [0.717, 1.165) is 28.0 Å². The van der Waals surface area contributed by atoms with E-state index in [1.807, 2.05) is 40.1 Å². The molecule has 0 spiro atoms. The third-order valence-electron chi connectivity index (χ3n) is 5.31. The van der Waals surface area contributed by atoms with Crippen molar-refractivity contribution in [3.05, 3.63) is 53.4 Å². The van der Waals surface area contributed by atoms with Gasteiger partial charge in [-0.2, -0.15) is 5.10 Å². The molecule has 3 rings (SSSR count). The number of phenols is 2. The van der Waals surface area contributed by atoms with Crippen LogP contribution in [0.5, 0.6) is 11.5 Å². The molecule has 0 aliphatic heterocycles. The number of phenolic OH excluding ortho intramolecular Hbond substituents is 2. The van der Waals surface area contributed by atoms with Gasteiger partial charge in [-0.25, -0.2) is 0 Å². The number of rotatable bonds is 3. The molecule has 0 saturated heterocycles. The summed E-state index contributed by atoms with van der Waals surface area (Å²) < 4.78 is 1.71. The number of benzene rings is 1. The Hall–Kier alpha value is -2.53. The Morgan fingerprint density at radius 3 is 2.35 bits per heavy atom. The van der Waals surface area contributed by atoms with Gasteiger partial charge in [-0.3, -0.25) is 4.68 Å². The van der Waals surface area contributed by atoms with Crippen LogP contribution in [0.15, 0.2) is 42.1 Å². The maximum Gasteiger partial charge on any atom is 0.123 e. The molecule has 3 N–H and O–H groups in total. The van der Waals surface area contributed by atoms with Crippen molar-refractivity contribution in [1.29, 1.82) is 0 Å². The summed E-state index contributed by atoms with van der Waals surface area (Å²) in [4.78, 5) is 0. The molecule has 5 nitrogen and oxygen atoms in total. The van der Waals surface area contributed by atoms with Gasteiger partial charge in [-0.15, -0.1) is 0 Å². The molecule has 0 fully saturated rings. The van der Waals surface area contributed by atoms with Crippen LogP contribution in [-0.2, 0) is 7.05 Å². The summed E-state index contributed by atoms with van der Waals surface area (Å²) in [6, 6.07) is 3.34. The molecule has 138 valence electrons. The highest BCUT2D eigenvalue weighted by atomic mass is 16.3. The first-order valence-electron chi connectivity index (χ1n) is 8.77. The van der Waals surface area contributed by atoms with E-state index in [2.05, 4.69) is 11.7 Å². The van der Waals surface area contributed by atoms with Crippen LogP contribution in [0.3, 0.4) is 0 Å². The highest BCUT2D eigenvalue weighted by Crippen LogP contribution is 2.47. The van der Waals surface area contributed by atoms with Crippen molar-refractivity contribution in [2.75, 3.05) is 0 Å². The van der Waals surface area contributed by atoms with Gasteiger partial charge < -0.3 is 15.3 Å². The molecule has 1 aliphatic carbocycles. The van der Waals surface area contributed by atoms with E-state index >= 15 is 0 Å². The van der Waals surface area contributed by atoms with Crippen LogP contribution >= 0.6 is 0 Å². The summed E-state index contributed by atoms with van der Waals surface area (Å²) in [5.41, 5.74) is 4.66. The van der Waals surface area contributed by atoms with E-state index in [-0.39, 0.29) is 23.3 Å².